The lowest BCUT2D eigenvalue weighted by atomic mass is 10.2. The van der Waals surface area contributed by atoms with Crippen molar-refractivity contribution >= 4 is 27.9 Å². The first kappa shape index (κ1) is 15.8. The van der Waals surface area contributed by atoms with Crippen molar-refractivity contribution < 1.29 is 9.21 Å². The highest BCUT2D eigenvalue weighted by Crippen LogP contribution is 2.29. The molecule has 0 unspecified atom stereocenters. The Balaban J connectivity index is 2.26. The number of nitrogens with zero attached hydrogens (tertiary/aromatic N) is 1. The fourth-order valence-corrected chi connectivity index (χ4v) is 2.27. The summed E-state index contributed by atoms with van der Waals surface area (Å²) < 4.78 is 6.59. The molecule has 0 bridgehead atoms. The highest BCUT2D eigenvalue weighted by Gasteiger charge is 2.11. The lowest BCUT2D eigenvalue weighted by Gasteiger charge is -2.00. The normalized spacial score (nSPS) is 10.8. The summed E-state index contributed by atoms with van der Waals surface area (Å²) in [7, 11) is 0. The third-order valence-electron chi connectivity index (χ3n) is 2.82. The predicted octanol–water partition coefficient (Wildman–Crippen LogP) is 3.92. The van der Waals surface area contributed by atoms with Crippen molar-refractivity contribution in [2.24, 2.45) is 0 Å². The zero-order valence-electron chi connectivity index (χ0n) is 11.7. The Morgan fingerprint density at radius 1 is 1.36 bits per heavy atom. The van der Waals surface area contributed by atoms with Crippen molar-refractivity contribution in [2.75, 3.05) is 6.54 Å². The number of nitriles is 1. The molecule has 0 saturated carbocycles. The van der Waals surface area contributed by atoms with E-state index in [9.17, 15) is 4.79 Å². The Kier molecular flexibility index (Phi) is 5.34. The van der Waals surface area contributed by atoms with E-state index in [1.54, 1.807) is 18.2 Å². The molecule has 1 aromatic heterocycles. The molecule has 2 aromatic rings. The average molecular weight is 357 g/mol. The summed E-state index contributed by atoms with van der Waals surface area (Å²) in [4.78, 5) is 11.8. The minimum absolute atomic E-state index is 0.0186. The first-order chi connectivity index (χ1) is 10.7. The Morgan fingerprint density at radius 3 is 2.82 bits per heavy atom. The van der Waals surface area contributed by atoms with Crippen LogP contribution in [0.15, 0.2) is 63.5 Å². The molecule has 5 heteroatoms. The molecule has 1 aromatic carbocycles. The van der Waals surface area contributed by atoms with E-state index in [0.717, 1.165) is 10.0 Å². The Hall–Kier alpha value is -2.58. The van der Waals surface area contributed by atoms with Gasteiger partial charge in [0.2, 0.25) is 0 Å². The van der Waals surface area contributed by atoms with Gasteiger partial charge in [-0.05, 0) is 18.2 Å². The molecule has 0 saturated heterocycles. The minimum Gasteiger partial charge on any atom is -0.457 e. The quantitative estimate of drug-likeness (QED) is 0.501. The molecular formula is C17H13BrN2O2. The molecule has 4 nitrogen and oxygen atoms in total. The van der Waals surface area contributed by atoms with Crippen molar-refractivity contribution in [3.8, 4) is 17.4 Å². The molecule has 1 N–H and O–H groups in total. The number of nitrogens with one attached hydrogen (secondary N) is 1. The molecule has 1 amide bonds. The van der Waals surface area contributed by atoms with Crippen LogP contribution in [0.25, 0.3) is 17.4 Å². The summed E-state index contributed by atoms with van der Waals surface area (Å²) in [5.74, 6) is 0.639. The first-order valence-corrected chi connectivity index (χ1v) is 7.30. The second-order valence-corrected chi connectivity index (χ2v) is 5.20. The zero-order valence-corrected chi connectivity index (χ0v) is 13.3. The molecule has 22 heavy (non-hydrogen) atoms. The van der Waals surface area contributed by atoms with Crippen LogP contribution >= 0.6 is 15.9 Å². The standard InChI is InChI=1S/C17H13BrN2O2/c1-2-9-20-17(21)12(11-19)10-13-7-8-16(22-13)14-5-3-4-6-15(14)18/h2-8,10H,1,9H2,(H,20,21)/b12-10+. The number of furan rings is 1. The molecule has 0 atom stereocenters. The van der Waals surface area contributed by atoms with Crippen molar-refractivity contribution in [2.45, 2.75) is 0 Å². The van der Waals surface area contributed by atoms with Crippen LogP contribution in [0.1, 0.15) is 5.76 Å². The molecule has 0 aliphatic carbocycles. The maximum Gasteiger partial charge on any atom is 0.262 e. The highest BCUT2D eigenvalue weighted by molar-refractivity contribution is 9.10. The highest BCUT2D eigenvalue weighted by atomic mass is 79.9. The summed E-state index contributed by atoms with van der Waals surface area (Å²) >= 11 is 3.46. The Labute approximate surface area is 136 Å². The number of halogens is 1. The van der Waals surface area contributed by atoms with E-state index in [4.69, 9.17) is 9.68 Å². The van der Waals surface area contributed by atoms with E-state index >= 15 is 0 Å². The van der Waals surface area contributed by atoms with Crippen LogP contribution in [-0.2, 0) is 4.79 Å². The topological polar surface area (TPSA) is 66.0 Å². The van der Waals surface area contributed by atoms with Gasteiger partial charge in [0.1, 0.15) is 23.2 Å². The van der Waals surface area contributed by atoms with Gasteiger partial charge in [-0.3, -0.25) is 4.79 Å². The summed E-state index contributed by atoms with van der Waals surface area (Å²) in [6.45, 7) is 3.81. The van der Waals surface area contributed by atoms with E-state index < -0.39 is 5.91 Å². The van der Waals surface area contributed by atoms with Crippen molar-refractivity contribution in [1.29, 1.82) is 5.26 Å². The zero-order chi connectivity index (χ0) is 15.9. The lowest BCUT2D eigenvalue weighted by Crippen LogP contribution is -2.24. The van der Waals surface area contributed by atoms with Gasteiger partial charge in [0.05, 0.1) is 0 Å². The predicted molar refractivity (Wildman–Crippen MR) is 88.6 cm³/mol. The van der Waals surface area contributed by atoms with Crippen LogP contribution in [0.2, 0.25) is 0 Å². The number of carbonyl (C=O) groups excluding carboxylic acids is 1. The van der Waals surface area contributed by atoms with E-state index in [1.807, 2.05) is 30.3 Å². The van der Waals surface area contributed by atoms with Gasteiger partial charge in [-0.1, -0.05) is 40.2 Å². The number of hydrogen-bond acceptors (Lipinski definition) is 3. The number of benzene rings is 1. The van der Waals surface area contributed by atoms with Gasteiger partial charge in [-0.15, -0.1) is 6.58 Å². The van der Waals surface area contributed by atoms with Gasteiger partial charge in [0, 0.05) is 22.7 Å². The van der Waals surface area contributed by atoms with Gasteiger partial charge in [0.25, 0.3) is 5.91 Å². The van der Waals surface area contributed by atoms with Gasteiger partial charge >= 0.3 is 0 Å². The summed E-state index contributed by atoms with van der Waals surface area (Å²) in [5.41, 5.74) is 0.881. The summed E-state index contributed by atoms with van der Waals surface area (Å²) in [6.07, 6.45) is 2.96. The Bertz CT molecular complexity index is 769. The molecular weight excluding hydrogens is 344 g/mol. The molecule has 0 aliphatic rings. The molecule has 2 rings (SSSR count). The smallest absolute Gasteiger partial charge is 0.262 e. The van der Waals surface area contributed by atoms with Crippen LogP contribution in [0.5, 0.6) is 0 Å². The maximum atomic E-state index is 11.8. The van der Waals surface area contributed by atoms with Gasteiger partial charge < -0.3 is 9.73 Å². The van der Waals surface area contributed by atoms with Crippen LogP contribution in [0, 0.1) is 11.3 Å². The summed E-state index contributed by atoms with van der Waals surface area (Å²) in [5, 5.41) is 11.6. The van der Waals surface area contributed by atoms with Crippen LogP contribution in [0.3, 0.4) is 0 Å². The monoisotopic (exact) mass is 356 g/mol. The number of amides is 1. The number of rotatable bonds is 5. The summed E-state index contributed by atoms with van der Waals surface area (Å²) in [6, 6.07) is 13.0. The Morgan fingerprint density at radius 2 is 2.14 bits per heavy atom. The fourth-order valence-electron chi connectivity index (χ4n) is 1.79. The number of carbonyl (C=O) groups is 1. The van der Waals surface area contributed by atoms with Crippen LogP contribution < -0.4 is 5.32 Å². The van der Waals surface area contributed by atoms with E-state index in [0.29, 0.717) is 18.1 Å². The SMILES string of the molecule is C=CCNC(=O)/C(C#N)=C/c1ccc(-c2ccccc2Br)o1. The molecule has 0 aliphatic heterocycles. The molecule has 110 valence electrons. The maximum absolute atomic E-state index is 11.8. The number of hydrogen-bond donors (Lipinski definition) is 1. The van der Waals surface area contributed by atoms with Crippen molar-refractivity contribution in [3.05, 3.63) is 64.9 Å². The molecule has 0 spiro atoms. The van der Waals surface area contributed by atoms with Gasteiger partial charge in [0.15, 0.2) is 0 Å². The van der Waals surface area contributed by atoms with Crippen LogP contribution in [0.4, 0.5) is 0 Å². The third-order valence-corrected chi connectivity index (χ3v) is 3.52. The second kappa shape index (κ2) is 7.43. The van der Waals surface area contributed by atoms with Crippen molar-refractivity contribution in [3.63, 3.8) is 0 Å². The largest absolute Gasteiger partial charge is 0.457 e. The van der Waals surface area contributed by atoms with Crippen LogP contribution in [-0.4, -0.2) is 12.5 Å². The second-order valence-electron chi connectivity index (χ2n) is 4.35. The van der Waals surface area contributed by atoms with Gasteiger partial charge in [-0.2, -0.15) is 5.26 Å². The fraction of sp³-hybridized carbons (Fsp3) is 0.0588. The van der Waals surface area contributed by atoms with E-state index in [2.05, 4.69) is 27.8 Å². The average Bonchev–Trinajstić information content (AvgIpc) is 2.99. The van der Waals surface area contributed by atoms with Crippen molar-refractivity contribution in [1.82, 2.24) is 5.32 Å². The molecule has 0 radical (unpaired) electrons. The lowest BCUT2D eigenvalue weighted by molar-refractivity contribution is -0.116. The first-order valence-electron chi connectivity index (χ1n) is 6.51. The third kappa shape index (κ3) is 3.74. The van der Waals surface area contributed by atoms with Gasteiger partial charge in [-0.25, -0.2) is 0 Å². The van der Waals surface area contributed by atoms with E-state index in [-0.39, 0.29) is 5.57 Å². The van der Waals surface area contributed by atoms with E-state index in [1.165, 1.54) is 6.08 Å². The minimum atomic E-state index is -0.457. The molecule has 0 fully saturated rings. The molecule has 1 heterocycles.